The third-order valence-corrected chi connectivity index (χ3v) is 6.28. The van der Waals surface area contributed by atoms with Crippen molar-refractivity contribution in [2.24, 2.45) is 0 Å². The second kappa shape index (κ2) is 32.7. The smallest absolute Gasteiger partial charge is 0.0205 e. The van der Waals surface area contributed by atoms with Gasteiger partial charge < -0.3 is 10.6 Å². The van der Waals surface area contributed by atoms with E-state index in [1.807, 2.05) is 0 Å². The predicted molar refractivity (Wildman–Crippen MR) is 177 cm³/mol. The van der Waals surface area contributed by atoms with Crippen molar-refractivity contribution >= 4 is 49.6 Å². The lowest BCUT2D eigenvalue weighted by Gasteiger charge is -2.08. The molecule has 0 aromatic heterocycles. The number of benzene rings is 2. The highest BCUT2D eigenvalue weighted by atomic mass is 35.5. The van der Waals surface area contributed by atoms with E-state index in [9.17, 15) is 0 Å². The van der Waals surface area contributed by atoms with E-state index in [0.717, 1.165) is 45.7 Å². The number of rotatable bonds is 23. The highest BCUT2D eigenvalue weighted by Crippen LogP contribution is 2.11. The van der Waals surface area contributed by atoms with Crippen molar-refractivity contribution in [3.63, 3.8) is 0 Å². The second-order valence-corrected chi connectivity index (χ2v) is 9.42. The molecule has 0 unspecified atom stereocenters. The van der Waals surface area contributed by atoms with E-state index in [0.29, 0.717) is 0 Å². The van der Waals surface area contributed by atoms with Crippen LogP contribution in [0.2, 0.25) is 0 Å². The van der Waals surface area contributed by atoms with Gasteiger partial charge in [0.2, 0.25) is 0 Å². The minimum Gasteiger partial charge on any atom is -0.313 e. The maximum absolute atomic E-state index is 3.55. The molecule has 38 heavy (non-hydrogen) atoms. The van der Waals surface area contributed by atoms with Crippen LogP contribution in [-0.2, 0) is 13.1 Å². The van der Waals surface area contributed by atoms with Crippen LogP contribution < -0.4 is 21.5 Å². The lowest BCUT2D eigenvalue weighted by Crippen LogP contribution is -2.34. The number of nitrogens with one attached hydrogen (secondary N) is 4. The van der Waals surface area contributed by atoms with Crippen LogP contribution in [0, 0.1) is 0 Å². The average Bonchev–Trinajstić information content (AvgIpc) is 2.88. The Balaban J connectivity index is -0.00000306. The zero-order valence-electron chi connectivity index (χ0n) is 23.1. The second-order valence-electron chi connectivity index (χ2n) is 9.42. The molecule has 0 bridgehead atoms. The van der Waals surface area contributed by atoms with Crippen LogP contribution in [0.3, 0.4) is 0 Å². The molecule has 222 valence electrons. The van der Waals surface area contributed by atoms with Crippen LogP contribution >= 0.6 is 49.6 Å². The van der Waals surface area contributed by atoms with Crippen molar-refractivity contribution in [3.8, 4) is 0 Å². The Morgan fingerprint density at radius 2 is 0.658 bits per heavy atom. The predicted octanol–water partition coefficient (Wildman–Crippen LogP) is 8.03. The standard InChI is InChI=1S/C30H50N4.4ClH/c1(2-4-6-8-16-23-31-27-29-19-12-10-13-20-29)3-5-7-9-17-25-33-34-26-18-24-32-28-30-21-14-11-15-22-30;;;;/h10-15,19-22,31-34H,1-9,16-18,23-28H2;4*1H. The van der Waals surface area contributed by atoms with Crippen molar-refractivity contribution in [1.29, 1.82) is 0 Å². The van der Waals surface area contributed by atoms with Crippen LogP contribution in [0.1, 0.15) is 88.2 Å². The van der Waals surface area contributed by atoms with Crippen molar-refractivity contribution in [2.45, 2.75) is 90.1 Å². The molecule has 0 amide bonds. The molecule has 0 spiro atoms. The summed E-state index contributed by atoms with van der Waals surface area (Å²) in [6.45, 7) is 6.26. The summed E-state index contributed by atoms with van der Waals surface area (Å²) >= 11 is 0. The molecule has 4 nitrogen and oxygen atoms in total. The third kappa shape index (κ3) is 25.7. The Morgan fingerprint density at radius 3 is 1.08 bits per heavy atom. The summed E-state index contributed by atoms with van der Waals surface area (Å²) in [5.74, 6) is 0. The van der Waals surface area contributed by atoms with Gasteiger partial charge >= 0.3 is 0 Å². The molecule has 0 fully saturated rings. The number of hydrogen-bond acceptors (Lipinski definition) is 4. The van der Waals surface area contributed by atoms with Crippen molar-refractivity contribution in [2.75, 3.05) is 26.2 Å². The quantitative estimate of drug-likeness (QED) is 0.0759. The minimum absolute atomic E-state index is 0. The van der Waals surface area contributed by atoms with E-state index < -0.39 is 0 Å². The molecule has 0 aliphatic heterocycles. The van der Waals surface area contributed by atoms with Crippen LogP contribution in [0.5, 0.6) is 0 Å². The fraction of sp³-hybridized carbons (Fsp3) is 0.600. The van der Waals surface area contributed by atoms with Gasteiger partial charge in [0.25, 0.3) is 0 Å². The molecular formula is C30H54Cl4N4. The maximum atomic E-state index is 3.55. The van der Waals surface area contributed by atoms with Gasteiger partial charge in [0.1, 0.15) is 0 Å². The number of unbranched alkanes of at least 4 members (excludes halogenated alkanes) is 10. The molecule has 2 rings (SSSR count). The molecule has 2 aromatic rings. The van der Waals surface area contributed by atoms with Crippen molar-refractivity contribution in [1.82, 2.24) is 21.5 Å². The maximum Gasteiger partial charge on any atom is 0.0205 e. The lowest BCUT2D eigenvalue weighted by molar-refractivity contribution is 0.483. The number of hydrazine groups is 1. The van der Waals surface area contributed by atoms with Crippen molar-refractivity contribution in [3.05, 3.63) is 71.8 Å². The molecule has 0 saturated carbocycles. The summed E-state index contributed by atoms with van der Waals surface area (Å²) < 4.78 is 0. The summed E-state index contributed by atoms with van der Waals surface area (Å²) in [5.41, 5.74) is 9.44. The highest BCUT2D eigenvalue weighted by molar-refractivity contribution is 5.86. The topological polar surface area (TPSA) is 48.1 Å². The SMILES string of the molecule is Cl.Cl.Cl.Cl.c1ccc(CNCCCCCCCCCCCCCNNCCCNCc2ccccc2)cc1. The van der Waals surface area contributed by atoms with E-state index in [1.54, 1.807) is 0 Å². The fourth-order valence-corrected chi connectivity index (χ4v) is 4.19. The first-order chi connectivity index (χ1) is 16.9. The van der Waals surface area contributed by atoms with Crippen LogP contribution in [0.25, 0.3) is 0 Å². The first-order valence-electron chi connectivity index (χ1n) is 13.9. The largest absolute Gasteiger partial charge is 0.313 e. The molecular weight excluding hydrogens is 558 g/mol. The van der Waals surface area contributed by atoms with Gasteiger partial charge in [0.05, 0.1) is 0 Å². The van der Waals surface area contributed by atoms with E-state index in [1.165, 1.54) is 81.8 Å². The lowest BCUT2D eigenvalue weighted by atomic mass is 10.1. The third-order valence-electron chi connectivity index (χ3n) is 6.28. The van der Waals surface area contributed by atoms with Crippen LogP contribution in [0.15, 0.2) is 60.7 Å². The number of halogens is 4. The van der Waals surface area contributed by atoms with Gasteiger partial charge in [-0.1, -0.05) is 118 Å². The monoisotopic (exact) mass is 610 g/mol. The van der Waals surface area contributed by atoms with Crippen LogP contribution in [-0.4, -0.2) is 26.2 Å². The Bertz CT molecular complexity index is 621. The molecule has 0 heterocycles. The van der Waals surface area contributed by atoms with E-state index in [4.69, 9.17) is 0 Å². The summed E-state index contributed by atoms with van der Waals surface area (Å²) in [6, 6.07) is 21.3. The molecule has 4 N–H and O–H groups in total. The average molecular weight is 613 g/mol. The Kier molecular flexibility index (Phi) is 36.0. The molecule has 0 saturated heterocycles. The summed E-state index contributed by atoms with van der Waals surface area (Å²) in [7, 11) is 0. The Labute approximate surface area is 258 Å². The van der Waals surface area contributed by atoms with Crippen LogP contribution in [0.4, 0.5) is 0 Å². The van der Waals surface area contributed by atoms with Gasteiger partial charge in [0, 0.05) is 26.2 Å². The van der Waals surface area contributed by atoms with Gasteiger partial charge in [0.15, 0.2) is 0 Å². The Hall–Kier alpha value is -0.560. The summed E-state index contributed by atoms with van der Waals surface area (Å²) in [6.07, 6.45) is 16.3. The fourth-order valence-electron chi connectivity index (χ4n) is 4.19. The van der Waals surface area contributed by atoms with Gasteiger partial charge in [-0.05, 0) is 43.5 Å². The zero-order valence-corrected chi connectivity index (χ0v) is 26.4. The van der Waals surface area contributed by atoms with Gasteiger partial charge in [-0.3, -0.25) is 10.9 Å². The van der Waals surface area contributed by atoms with Gasteiger partial charge in [-0.25, -0.2) is 0 Å². The first kappa shape index (κ1) is 41.9. The number of hydrogen-bond donors (Lipinski definition) is 4. The molecule has 2 aromatic carbocycles. The highest BCUT2D eigenvalue weighted by Gasteiger charge is 1.95. The molecule has 0 radical (unpaired) electrons. The molecule has 0 aliphatic rings. The first-order valence-corrected chi connectivity index (χ1v) is 13.9. The zero-order chi connectivity index (χ0) is 23.8. The summed E-state index contributed by atoms with van der Waals surface area (Å²) in [4.78, 5) is 0. The normalized spacial score (nSPS) is 10.0. The summed E-state index contributed by atoms with van der Waals surface area (Å²) in [5, 5.41) is 7.05. The van der Waals surface area contributed by atoms with Gasteiger partial charge in [-0.2, -0.15) is 0 Å². The Morgan fingerprint density at radius 1 is 0.342 bits per heavy atom. The molecule has 0 atom stereocenters. The van der Waals surface area contributed by atoms with E-state index in [-0.39, 0.29) is 49.6 Å². The molecule has 0 aliphatic carbocycles. The van der Waals surface area contributed by atoms with E-state index >= 15 is 0 Å². The van der Waals surface area contributed by atoms with Crippen molar-refractivity contribution < 1.29 is 0 Å². The molecule has 8 heteroatoms. The van der Waals surface area contributed by atoms with E-state index in [2.05, 4.69) is 82.1 Å². The van der Waals surface area contributed by atoms with Gasteiger partial charge in [-0.15, -0.1) is 49.6 Å². The minimum atomic E-state index is 0.